The van der Waals surface area contributed by atoms with E-state index in [9.17, 15) is 0 Å². The lowest BCUT2D eigenvalue weighted by Crippen LogP contribution is -2.44. The van der Waals surface area contributed by atoms with Gasteiger partial charge in [0.15, 0.2) is 0 Å². The molecule has 2 rings (SSSR count). The van der Waals surface area contributed by atoms with Crippen molar-refractivity contribution in [2.45, 2.75) is 24.7 Å². The van der Waals surface area contributed by atoms with Gasteiger partial charge in [-0.3, -0.25) is 0 Å². The molecule has 0 atom stereocenters. The Morgan fingerprint density at radius 3 is 2.53 bits per heavy atom. The van der Waals surface area contributed by atoms with Gasteiger partial charge in [-0.25, -0.2) is 0 Å². The Labute approximate surface area is 112 Å². The zero-order valence-corrected chi connectivity index (χ0v) is 11.9. The fraction of sp³-hybridized carbons (Fsp3) is 0.571. The number of hydrogen-bond donors (Lipinski definition) is 1. The van der Waals surface area contributed by atoms with E-state index in [0.29, 0.717) is 5.41 Å². The van der Waals surface area contributed by atoms with E-state index in [1.54, 1.807) is 7.11 Å². The molecule has 2 nitrogen and oxygen atoms in total. The van der Waals surface area contributed by atoms with Gasteiger partial charge in [0.2, 0.25) is 0 Å². The van der Waals surface area contributed by atoms with Gasteiger partial charge in [-0.15, -0.1) is 0 Å². The van der Waals surface area contributed by atoms with Crippen LogP contribution in [-0.4, -0.2) is 26.8 Å². The number of nitrogens with one attached hydrogen (secondary N) is 1. The first-order valence-corrected chi connectivity index (χ1v) is 7.02. The Morgan fingerprint density at radius 2 is 2.00 bits per heavy atom. The molecule has 1 saturated carbocycles. The Hall–Kier alpha value is -0.380. The first-order valence-electron chi connectivity index (χ1n) is 6.23. The van der Waals surface area contributed by atoms with E-state index in [1.807, 2.05) is 0 Å². The van der Waals surface area contributed by atoms with E-state index in [1.165, 1.54) is 24.8 Å². The molecule has 0 aliphatic heterocycles. The average molecular weight is 298 g/mol. The number of hydrogen-bond acceptors (Lipinski definition) is 2. The quantitative estimate of drug-likeness (QED) is 0.815. The predicted molar refractivity (Wildman–Crippen MR) is 74.4 cm³/mol. The van der Waals surface area contributed by atoms with Crippen molar-refractivity contribution in [1.29, 1.82) is 0 Å². The lowest BCUT2D eigenvalue weighted by Gasteiger charge is -2.43. The first kappa shape index (κ1) is 13.1. The van der Waals surface area contributed by atoms with Crippen LogP contribution in [0.2, 0.25) is 0 Å². The highest BCUT2D eigenvalue weighted by molar-refractivity contribution is 9.10. The highest BCUT2D eigenvalue weighted by Crippen LogP contribution is 2.43. The molecule has 94 valence electrons. The zero-order valence-electron chi connectivity index (χ0n) is 10.3. The SMILES string of the molecule is COCCNCC1(c2ccc(Br)cc2)CCC1. The normalized spacial score (nSPS) is 17.8. The van der Waals surface area contributed by atoms with Crippen molar-refractivity contribution in [3.05, 3.63) is 34.3 Å². The van der Waals surface area contributed by atoms with Crippen LogP contribution in [0.4, 0.5) is 0 Å². The van der Waals surface area contributed by atoms with Gasteiger partial charge in [-0.1, -0.05) is 34.5 Å². The molecular formula is C14H20BrNO. The van der Waals surface area contributed by atoms with Crippen molar-refractivity contribution in [1.82, 2.24) is 5.32 Å². The van der Waals surface area contributed by atoms with E-state index < -0.39 is 0 Å². The van der Waals surface area contributed by atoms with E-state index in [-0.39, 0.29) is 0 Å². The van der Waals surface area contributed by atoms with Crippen molar-refractivity contribution in [2.24, 2.45) is 0 Å². The summed E-state index contributed by atoms with van der Waals surface area (Å²) in [5, 5.41) is 3.51. The van der Waals surface area contributed by atoms with Gasteiger partial charge in [-0.05, 0) is 30.5 Å². The molecule has 0 saturated heterocycles. The molecule has 0 aromatic heterocycles. The molecule has 1 aromatic carbocycles. The van der Waals surface area contributed by atoms with Crippen molar-refractivity contribution in [2.75, 3.05) is 26.8 Å². The van der Waals surface area contributed by atoms with Crippen LogP contribution in [0.1, 0.15) is 24.8 Å². The number of benzene rings is 1. The van der Waals surface area contributed by atoms with Crippen LogP contribution in [0.3, 0.4) is 0 Å². The van der Waals surface area contributed by atoms with Crippen LogP contribution in [0.15, 0.2) is 28.7 Å². The van der Waals surface area contributed by atoms with Crippen LogP contribution in [0.25, 0.3) is 0 Å². The maximum absolute atomic E-state index is 5.06. The van der Waals surface area contributed by atoms with Gasteiger partial charge < -0.3 is 10.1 Å². The second-order valence-corrected chi connectivity index (χ2v) is 5.73. The minimum Gasteiger partial charge on any atom is -0.383 e. The van der Waals surface area contributed by atoms with Gasteiger partial charge in [0.05, 0.1) is 6.61 Å². The Kier molecular flexibility index (Phi) is 4.60. The molecule has 0 radical (unpaired) electrons. The highest BCUT2D eigenvalue weighted by atomic mass is 79.9. The van der Waals surface area contributed by atoms with E-state index >= 15 is 0 Å². The van der Waals surface area contributed by atoms with Gasteiger partial charge in [0, 0.05) is 30.1 Å². The van der Waals surface area contributed by atoms with Gasteiger partial charge >= 0.3 is 0 Å². The van der Waals surface area contributed by atoms with E-state index in [2.05, 4.69) is 45.5 Å². The van der Waals surface area contributed by atoms with Gasteiger partial charge in [-0.2, -0.15) is 0 Å². The molecule has 0 bridgehead atoms. The molecule has 1 aromatic rings. The average Bonchev–Trinajstić information content (AvgIpc) is 2.29. The van der Waals surface area contributed by atoms with Crippen LogP contribution in [0, 0.1) is 0 Å². The Morgan fingerprint density at radius 1 is 1.29 bits per heavy atom. The Bertz CT molecular complexity index is 346. The van der Waals surface area contributed by atoms with Crippen LogP contribution in [0.5, 0.6) is 0 Å². The number of ether oxygens (including phenoxy) is 1. The third kappa shape index (κ3) is 3.09. The molecule has 0 amide bonds. The topological polar surface area (TPSA) is 21.3 Å². The van der Waals surface area contributed by atoms with Gasteiger partial charge in [0.25, 0.3) is 0 Å². The van der Waals surface area contributed by atoms with Crippen molar-refractivity contribution in [3.8, 4) is 0 Å². The van der Waals surface area contributed by atoms with E-state index in [4.69, 9.17) is 4.74 Å². The second-order valence-electron chi connectivity index (χ2n) is 4.81. The molecule has 1 fully saturated rings. The molecular weight excluding hydrogens is 278 g/mol. The zero-order chi connectivity index (χ0) is 12.1. The van der Waals surface area contributed by atoms with Crippen molar-refractivity contribution >= 4 is 15.9 Å². The lowest BCUT2D eigenvalue weighted by atomic mass is 9.64. The standard InChI is InChI=1S/C14H20BrNO/c1-17-10-9-16-11-14(7-2-8-14)12-3-5-13(15)6-4-12/h3-6,16H,2,7-11H2,1H3. The molecule has 1 N–H and O–H groups in total. The third-order valence-corrected chi connectivity index (χ3v) is 4.24. The summed E-state index contributed by atoms with van der Waals surface area (Å²) >= 11 is 3.49. The van der Waals surface area contributed by atoms with Crippen molar-refractivity contribution < 1.29 is 4.74 Å². The molecule has 0 heterocycles. The Balaban J connectivity index is 1.96. The maximum atomic E-state index is 5.06. The monoisotopic (exact) mass is 297 g/mol. The van der Waals surface area contributed by atoms with Crippen LogP contribution >= 0.6 is 15.9 Å². The largest absolute Gasteiger partial charge is 0.383 e. The number of rotatable bonds is 6. The summed E-state index contributed by atoms with van der Waals surface area (Å²) in [7, 11) is 1.75. The smallest absolute Gasteiger partial charge is 0.0587 e. The predicted octanol–water partition coefficient (Wildman–Crippen LogP) is 3.11. The fourth-order valence-electron chi connectivity index (χ4n) is 2.48. The minimum atomic E-state index is 0.369. The molecule has 1 aliphatic carbocycles. The molecule has 17 heavy (non-hydrogen) atoms. The summed E-state index contributed by atoms with van der Waals surface area (Å²) in [5.74, 6) is 0. The summed E-state index contributed by atoms with van der Waals surface area (Å²) in [6, 6.07) is 8.79. The van der Waals surface area contributed by atoms with Crippen molar-refractivity contribution in [3.63, 3.8) is 0 Å². The summed E-state index contributed by atoms with van der Waals surface area (Å²) < 4.78 is 6.22. The van der Waals surface area contributed by atoms with Crippen LogP contribution in [-0.2, 0) is 10.2 Å². The molecule has 1 aliphatic rings. The van der Waals surface area contributed by atoms with E-state index in [0.717, 1.165) is 24.2 Å². The second kappa shape index (κ2) is 5.98. The fourth-order valence-corrected chi connectivity index (χ4v) is 2.74. The first-order chi connectivity index (χ1) is 8.27. The summed E-state index contributed by atoms with van der Waals surface area (Å²) in [6.45, 7) is 2.79. The molecule has 0 spiro atoms. The summed E-state index contributed by atoms with van der Waals surface area (Å²) in [4.78, 5) is 0. The number of methoxy groups -OCH3 is 1. The van der Waals surface area contributed by atoms with Crippen LogP contribution < -0.4 is 5.32 Å². The molecule has 3 heteroatoms. The maximum Gasteiger partial charge on any atom is 0.0587 e. The summed E-state index contributed by atoms with van der Waals surface area (Å²) in [5.41, 5.74) is 1.84. The summed E-state index contributed by atoms with van der Waals surface area (Å²) in [6.07, 6.45) is 3.95. The lowest BCUT2D eigenvalue weighted by molar-refractivity contribution is 0.185. The molecule has 0 unspecified atom stereocenters. The third-order valence-electron chi connectivity index (χ3n) is 3.71. The minimum absolute atomic E-state index is 0.369. The number of halogens is 1. The highest BCUT2D eigenvalue weighted by Gasteiger charge is 2.37. The van der Waals surface area contributed by atoms with Gasteiger partial charge in [0.1, 0.15) is 0 Å².